The van der Waals surface area contributed by atoms with E-state index in [9.17, 15) is 4.79 Å². The molecule has 102 valence electrons. The summed E-state index contributed by atoms with van der Waals surface area (Å²) in [5, 5.41) is 4.11. The number of rotatable bonds is 2. The normalized spacial score (nSPS) is 10.9. The van der Waals surface area contributed by atoms with Crippen LogP contribution in [0.4, 0.5) is 5.13 Å². The van der Waals surface area contributed by atoms with Crippen LogP contribution in [-0.2, 0) is 0 Å². The van der Waals surface area contributed by atoms with Crippen molar-refractivity contribution in [3.63, 3.8) is 0 Å². The molecule has 1 amide bonds. The Labute approximate surface area is 140 Å². The molecule has 3 aromatic rings. The van der Waals surface area contributed by atoms with Crippen LogP contribution in [0.2, 0.25) is 10.0 Å². The molecule has 1 N–H and O–H groups in total. The number of hydrogen-bond donors (Lipinski definition) is 1. The van der Waals surface area contributed by atoms with E-state index >= 15 is 0 Å². The van der Waals surface area contributed by atoms with Crippen molar-refractivity contribution in [2.45, 2.75) is 0 Å². The van der Waals surface area contributed by atoms with E-state index in [2.05, 4.69) is 26.2 Å². The van der Waals surface area contributed by atoms with Crippen LogP contribution in [0.1, 0.15) is 9.67 Å². The molecule has 8 heteroatoms. The highest BCUT2D eigenvalue weighted by Gasteiger charge is 2.14. The Bertz CT molecular complexity index is 815. The van der Waals surface area contributed by atoms with E-state index in [1.165, 1.54) is 22.7 Å². The van der Waals surface area contributed by atoms with E-state index in [0.717, 1.165) is 8.49 Å². The van der Waals surface area contributed by atoms with Gasteiger partial charge in [0.05, 0.1) is 23.4 Å². The minimum Gasteiger partial charge on any atom is -0.297 e. The smallest absolute Gasteiger partial charge is 0.267 e. The van der Waals surface area contributed by atoms with Crippen LogP contribution in [0.5, 0.6) is 0 Å². The third-order valence-electron chi connectivity index (χ3n) is 2.47. The van der Waals surface area contributed by atoms with Gasteiger partial charge in [-0.05, 0) is 40.2 Å². The van der Waals surface area contributed by atoms with Crippen molar-refractivity contribution in [1.82, 2.24) is 4.98 Å². The molecular weight excluding hydrogens is 403 g/mol. The molecular formula is C12H5BrCl2N2OS2. The summed E-state index contributed by atoms with van der Waals surface area (Å²) in [6, 6.07) is 7.13. The first-order valence-corrected chi connectivity index (χ1v) is 8.54. The first-order chi connectivity index (χ1) is 9.54. The predicted octanol–water partition coefficient (Wildman–Crippen LogP) is 5.68. The number of aromatic nitrogens is 1. The molecule has 20 heavy (non-hydrogen) atoms. The molecule has 0 aliphatic carbocycles. The number of benzene rings is 1. The van der Waals surface area contributed by atoms with Crippen LogP contribution < -0.4 is 5.32 Å². The average Bonchev–Trinajstić information content (AvgIpc) is 3.00. The van der Waals surface area contributed by atoms with Gasteiger partial charge in [-0.1, -0.05) is 34.5 Å². The van der Waals surface area contributed by atoms with Crippen molar-refractivity contribution < 1.29 is 4.79 Å². The van der Waals surface area contributed by atoms with Gasteiger partial charge in [0.15, 0.2) is 5.13 Å². The number of halogens is 3. The first-order valence-electron chi connectivity index (χ1n) is 5.36. The zero-order valence-electron chi connectivity index (χ0n) is 9.62. The van der Waals surface area contributed by atoms with E-state index in [0.29, 0.717) is 25.6 Å². The number of nitrogens with one attached hydrogen (secondary N) is 1. The van der Waals surface area contributed by atoms with Crippen LogP contribution in [0, 0.1) is 0 Å². The molecule has 3 rings (SSSR count). The van der Waals surface area contributed by atoms with Gasteiger partial charge in [0.2, 0.25) is 0 Å². The molecule has 3 nitrogen and oxygen atoms in total. The Kier molecular flexibility index (Phi) is 4.01. The summed E-state index contributed by atoms with van der Waals surface area (Å²) < 4.78 is 1.78. The number of hydrogen-bond acceptors (Lipinski definition) is 4. The fourth-order valence-corrected chi connectivity index (χ4v) is 4.15. The summed E-state index contributed by atoms with van der Waals surface area (Å²) in [5.74, 6) is -0.193. The largest absolute Gasteiger partial charge is 0.297 e. The van der Waals surface area contributed by atoms with Crippen LogP contribution in [-0.4, -0.2) is 10.9 Å². The van der Waals surface area contributed by atoms with Gasteiger partial charge in [-0.2, -0.15) is 0 Å². The number of thiazole rings is 1. The highest BCUT2D eigenvalue weighted by molar-refractivity contribution is 9.11. The second kappa shape index (κ2) is 5.61. The van der Waals surface area contributed by atoms with Gasteiger partial charge in [0, 0.05) is 0 Å². The van der Waals surface area contributed by atoms with Gasteiger partial charge in [-0.15, -0.1) is 11.3 Å². The highest BCUT2D eigenvalue weighted by atomic mass is 79.9. The molecule has 0 aliphatic heterocycles. The van der Waals surface area contributed by atoms with Gasteiger partial charge >= 0.3 is 0 Å². The van der Waals surface area contributed by atoms with Crippen molar-refractivity contribution in [2.75, 3.05) is 5.32 Å². The lowest BCUT2D eigenvalue weighted by molar-refractivity contribution is 0.103. The van der Waals surface area contributed by atoms with E-state index in [4.69, 9.17) is 23.2 Å². The Hall–Kier alpha value is -0.660. The summed E-state index contributed by atoms with van der Waals surface area (Å²) in [7, 11) is 0. The van der Waals surface area contributed by atoms with Crippen molar-refractivity contribution in [3.8, 4) is 0 Å². The summed E-state index contributed by atoms with van der Waals surface area (Å²) >= 11 is 18.1. The van der Waals surface area contributed by atoms with Gasteiger partial charge < -0.3 is 0 Å². The summed E-state index contributed by atoms with van der Waals surface area (Å²) in [6.07, 6.45) is 0. The fourth-order valence-electron chi connectivity index (χ4n) is 1.59. The molecule has 0 unspecified atom stereocenters. The van der Waals surface area contributed by atoms with Crippen molar-refractivity contribution in [1.29, 1.82) is 0 Å². The standard InChI is InChI=1S/C12H5BrCl2N2OS2/c13-8-4-3-7(19-8)11(18)17-12-16-10-6(20-12)2-1-5(14)9(10)15/h1-4H,(H,16,17,18). The lowest BCUT2D eigenvalue weighted by Crippen LogP contribution is -2.09. The number of carbonyl (C=O) groups excluding carboxylic acids is 1. The molecule has 0 aliphatic rings. The molecule has 2 heterocycles. The van der Waals surface area contributed by atoms with Gasteiger partial charge in [-0.3, -0.25) is 10.1 Å². The lowest BCUT2D eigenvalue weighted by atomic mass is 10.3. The van der Waals surface area contributed by atoms with Gasteiger partial charge in [-0.25, -0.2) is 4.98 Å². The van der Waals surface area contributed by atoms with Gasteiger partial charge in [0.25, 0.3) is 5.91 Å². The predicted molar refractivity (Wildman–Crippen MR) is 89.6 cm³/mol. The number of fused-ring (bicyclic) bond motifs is 1. The quantitative estimate of drug-likeness (QED) is 0.593. The number of amides is 1. The molecule has 2 aromatic heterocycles. The Morgan fingerprint density at radius 1 is 1.20 bits per heavy atom. The highest BCUT2D eigenvalue weighted by Crippen LogP contribution is 2.35. The van der Waals surface area contributed by atoms with E-state index in [-0.39, 0.29) is 5.91 Å². The maximum atomic E-state index is 12.0. The summed E-state index contributed by atoms with van der Waals surface area (Å²) in [6.45, 7) is 0. The zero-order chi connectivity index (χ0) is 14.3. The van der Waals surface area contributed by atoms with Gasteiger partial charge in [0.1, 0.15) is 5.52 Å². The summed E-state index contributed by atoms with van der Waals surface area (Å²) in [4.78, 5) is 17.0. The topological polar surface area (TPSA) is 42.0 Å². The Balaban J connectivity index is 1.92. The second-order valence-corrected chi connectivity index (χ2v) is 8.06. The SMILES string of the molecule is O=C(Nc1nc2c(Cl)c(Cl)ccc2s1)c1ccc(Br)s1. The van der Waals surface area contributed by atoms with Crippen molar-refractivity contribution in [2.24, 2.45) is 0 Å². The minimum absolute atomic E-state index is 0.193. The van der Waals surface area contributed by atoms with Crippen molar-refractivity contribution in [3.05, 3.63) is 43.0 Å². The zero-order valence-corrected chi connectivity index (χ0v) is 14.3. The summed E-state index contributed by atoms with van der Waals surface area (Å²) in [5.41, 5.74) is 0.604. The minimum atomic E-state index is -0.193. The average molecular weight is 408 g/mol. The Morgan fingerprint density at radius 3 is 2.70 bits per heavy atom. The molecule has 1 aromatic carbocycles. The fraction of sp³-hybridized carbons (Fsp3) is 0. The molecule has 0 radical (unpaired) electrons. The molecule has 0 bridgehead atoms. The lowest BCUT2D eigenvalue weighted by Gasteiger charge is -1.97. The van der Waals surface area contributed by atoms with E-state index < -0.39 is 0 Å². The first kappa shape index (κ1) is 14.3. The number of nitrogens with zero attached hydrogens (tertiary/aromatic N) is 1. The monoisotopic (exact) mass is 406 g/mol. The van der Waals surface area contributed by atoms with Crippen LogP contribution >= 0.6 is 61.8 Å². The maximum Gasteiger partial charge on any atom is 0.267 e. The van der Waals surface area contributed by atoms with Crippen LogP contribution in [0.15, 0.2) is 28.1 Å². The number of carbonyl (C=O) groups is 1. The van der Waals surface area contributed by atoms with E-state index in [1.807, 2.05) is 12.1 Å². The van der Waals surface area contributed by atoms with Crippen LogP contribution in [0.25, 0.3) is 10.2 Å². The maximum absolute atomic E-state index is 12.0. The molecule has 0 saturated carbocycles. The number of anilines is 1. The Morgan fingerprint density at radius 2 is 2.00 bits per heavy atom. The van der Waals surface area contributed by atoms with Crippen LogP contribution in [0.3, 0.4) is 0 Å². The molecule has 0 saturated heterocycles. The molecule has 0 fully saturated rings. The third kappa shape index (κ3) is 2.71. The van der Waals surface area contributed by atoms with E-state index in [1.54, 1.807) is 12.1 Å². The molecule has 0 atom stereocenters. The third-order valence-corrected chi connectivity index (χ3v) is 5.82. The van der Waals surface area contributed by atoms with Crippen molar-refractivity contribution >= 4 is 83.1 Å². The second-order valence-electron chi connectivity index (χ2n) is 3.79. The molecule has 0 spiro atoms. The number of thiophene rings is 1.